The van der Waals surface area contributed by atoms with Crippen LogP contribution in [0.3, 0.4) is 0 Å². The lowest BCUT2D eigenvalue weighted by molar-refractivity contribution is 0.0715. The van der Waals surface area contributed by atoms with Crippen molar-refractivity contribution in [3.63, 3.8) is 0 Å². The highest BCUT2D eigenvalue weighted by Crippen LogP contribution is 2.31. The van der Waals surface area contributed by atoms with Crippen LogP contribution in [0.1, 0.15) is 21.5 Å². The topological polar surface area (TPSA) is 79.9 Å². The Morgan fingerprint density at radius 3 is 2.63 bits per heavy atom. The molecule has 0 spiro atoms. The van der Waals surface area contributed by atoms with Gasteiger partial charge in [-0.1, -0.05) is 59.2 Å². The summed E-state index contributed by atoms with van der Waals surface area (Å²) in [6.07, 6.45) is 1.57. The van der Waals surface area contributed by atoms with Gasteiger partial charge in [-0.2, -0.15) is 4.98 Å². The fourth-order valence-corrected chi connectivity index (χ4v) is 4.05. The smallest absolute Gasteiger partial charge is 0.344 e. The molecule has 27 heavy (non-hydrogen) atoms. The summed E-state index contributed by atoms with van der Waals surface area (Å²) in [5.41, 5.74) is 2.11. The number of hydrogen-bond donors (Lipinski definition) is 2. The number of nitrogens with zero attached hydrogens (tertiary/aromatic N) is 2. The maximum atomic E-state index is 11.8. The number of anilines is 1. The van der Waals surface area contributed by atoms with Crippen molar-refractivity contribution in [1.29, 1.82) is 0 Å². The van der Waals surface area contributed by atoms with Crippen LogP contribution in [0.5, 0.6) is 0 Å². The summed E-state index contributed by atoms with van der Waals surface area (Å²) in [6.45, 7) is 0. The number of benzene rings is 2. The third-order valence-electron chi connectivity index (χ3n) is 3.83. The van der Waals surface area contributed by atoms with E-state index in [1.807, 2.05) is 12.1 Å². The average molecular weight is 419 g/mol. The van der Waals surface area contributed by atoms with Crippen molar-refractivity contribution >= 4 is 52.6 Å². The van der Waals surface area contributed by atoms with Gasteiger partial charge in [-0.25, -0.2) is 9.89 Å². The van der Waals surface area contributed by atoms with Gasteiger partial charge < -0.3 is 10.1 Å². The molecule has 6 nitrogen and oxygen atoms in total. The second kappa shape index (κ2) is 7.64. The van der Waals surface area contributed by atoms with E-state index in [4.69, 9.17) is 27.9 Å². The minimum atomic E-state index is -0.371. The summed E-state index contributed by atoms with van der Waals surface area (Å²) < 4.78 is 5.26. The maximum Gasteiger partial charge on any atom is 0.344 e. The first-order valence-electron chi connectivity index (χ1n) is 7.88. The van der Waals surface area contributed by atoms with Gasteiger partial charge >= 0.3 is 5.97 Å². The Balaban J connectivity index is 1.43. The van der Waals surface area contributed by atoms with Crippen LogP contribution in [0, 0.1) is 0 Å². The molecular weight excluding hydrogens is 407 g/mol. The molecule has 2 aromatic carbocycles. The number of thioether (sulfide) groups is 1. The van der Waals surface area contributed by atoms with Gasteiger partial charge in [0.1, 0.15) is 0 Å². The van der Waals surface area contributed by atoms with E-state index in [-0.39, 0.29) is 5.97 Å². The zero-order valence-corrected chi connectivity index (χ0v) is 16.0. The number of ether oxygens (including phenoxy) is 1. The fourth-order valence-electron chi connectivity index (χ4n) is 2.51. The van der Waals surface area contributed by atoms with E-state index in [0.29, 0.717) is 38.2 Å². The SMILES string of the molecule is O=C1O/C(=C\Nc2nc(SCc3c(Cl)cccc3Cl)n[nH]2)c2ccccc21. The van der Waals surface area contributed by atoms with Gasteiger partial charge in [-0.3, -0.25) is 0 Å². The highest BCUT2D eigenvalue weighted by molar-refractivity contribution is 7.98. The van der Waals surface area contributed by atoms with Gasteiger partial charge in [-0.15, -0.1) is 5.10 Å². The van der Waals surface area contributed by atoms with Crippen LogP contribution in [0.15, 0.2) is 53.8 Å². The van der Waals surface area contributed by atoms with E-state index < -0.39 is 0 Å². The number of halogens is 2. The van der Waals surface area contributed by atoms with Gasteiger partial charge in [0.15, 0.2) is 5.76 Å². The summed E-state index contributed by atoms with van der Waals surface area (Å²) in [5.74, 6) is 1.03. The number of rotatable bonds is 5. The number of nitrogens with one attached hydrogen (secondary N) is 2. The molecule has 9 heteroatoms. The normalized spacial score (nSPS) is 14.3. The fraction of sp³-hybridized carbons (Fsp3) is 0.0556. The third-order valence-corrected chi connectivity index (χ3v) is 5.41. The zero-order valence-electron chi connectivity index (χ0n) is 13.7. The molecule has 0 bridgehead atoms. The minimum Gasteiger partial charge on any atom is -0.421 e. The molecule has 1 aromatic heterocycles. The molecule has 0 fully saturated rings. The molecule has 136 valence electrons. The van der Waals surface area contributed by atoms with Crippen molar-refractivity contribution in [1.82, 2.24) is 15.2 Å². The van der Waals surface area contributed by atoms with Crippen molar-refractivity contribution in [2.24, 2.45) is 0 Å². The predicted molar refractivity (Wildman–Crippen MR) is 106 cm³/mol. The number of cyclic esters (lactones) is 1. The Bertz CT molecular complexity index is 1030. The molecule has 2 N–H and O–H groups in total. The first-order chi connectivity index (χ1) is 13.1. The predicted octanol–water partition coefficient (Wildman–Crippen LogP) is 4.98. The van der Waals surface area contributed by atoms with Gasteiger partial charge in [0.2, 0.25) is 11.1 Å². The van der Waals surface area contributed by atoms with E-state index in [9.17, 15) is 4.79 Å². The van der Waals surface area contributed by atoms with Gasteiger partial charge in [0.25, 0.3) is 0 Å². The highest BCUT2D eigenvalue weighted by atomic mass is 35.5. The molecule has 0 radical (unpaired) electrons. The van der Waals surface area contributed by atoms with Crippen molar-refractivity contribution in [2.45, 2.75) is 10.9 Å². The molecule has 1 aliphatic rings. The second-order valence-corrected chi connectivity index (χ2v) is 7.30. The lowest BCUT2D eigenvalue weighted by Gasteiger charge is -2.04. The molecular formula is C18H12Cl2N4O2S. The molecule has 0 aliphatic carbocycles. The Labute approximate surface area is 168 Å². The molecule has 0 saturated heterocycles. The van der Waals surface area contributed by atoms with Crippen LogP contribution in [0.2, 0.25) is 10.0 Å². The van der Waals surface area contributed by atoms with Crippen LogP contribution >= 0.6 is 35.0 Å². The number of carbonyl (C=O) groups is 1. The van der Waals surface area contributed by atoms with Crippen LogP contribution in [-0.4, -0.2) is 21.2 Å². The number of aromatic nitrogens is 3. The van der Waals surface area contributed by atoms with Crippen LogP contribution in [0.4, 0.5) is 5.95 Å². The third kappa shape index (κ3) is 3.80. The Hall–Kier alpha value is -2.48. The number of hydrogen-bond acceptors (Lipinski definition) is 6. The second-order valence-electron chi connectivity index (χ2n) is 5.54. The van der Waals surface area contributed by atoms with E-state index in [1.54, 1.807) is 36.5 Å². The summed E-state index contributed by atoms with van der Waals surface area (Å²) in [6, 6.07) is 12.6. The Morgan fingerprint density at radius 2 is 1.85 bits per heavy atom. The van der Waals surface area contributed by atoms with E-state index in [0.717, 1.165) is 11.1 Å². The van der Waals surface area contributed by atoms with Gasteiger partial charge in [-0.05, 0) is 23.8 Å². The van der Waals surface area contributed by atoms with Crippen molar-refractivity contribution in [2.75, 3.05) is 5.32 Å². The molecule has 0 atom stereocenters. The lowest BCUT2D eigenvalue weighted by atomic mass is 10.1. The molecule has 0 amide bonds. The van der Waals surface area contributed by atoms with E-state index in [2.05, 4.69) is 20.5 Å². The number of fused-ring (bicyclic) bond motifs is 1. The monoisotopic (exact) mass is 418 g/mol. The summed E-state index contributed by atoms with van der Waals surface area (Å²) in [7, 11) is 0. The lowest BCUT2D eigenvalue weighted by Crippen LogP contribution is -1.94. The summed E-state index contributed by atoms with van der Waals surface area (Å²) in [4.78, 5) is 16.1. The number of carbonyl (C=O) groups excluding carboxylic acids is 1. The number of H-pyrrole nitrogens is 1. The Morgan fingerprint density at radius 1 is 1.11 bits per heavy atom. The molecule has 0 unspecified atom stereocenters. The van der Waals surface area contributed by atoms with Gasteiger partial charge in [0, 0.05) is 27.6 Å². The van der Waals surface area contributed by atoms with Crippen molar-refractivity contribution in [3.8, 4) is 0 Å². The largest absolute Gasteiger partial charge is 0.421 e. The van der Waals surface area contributed by atoms with E-state index in [1.165, 1.54) is 11.8 Å². The number of esters is 1. The summed E-state index contributed by atoms with van der Waals surface area (Å²) in [5, 5.41) is 11.6. The van der Waals surface area contributed by atoms with Crippen molar-refractivity contribution < 1.29 is 9.53 Å². The van der Waals surface area contributed by atoms with Crippen LogP contribution < -0.4 is 5.32 Å². The van der Waals surface area contributed by atoms with Gasteiger partial charge in [0.05, 0.1) is 5.56 Å². The maximum absolute atomic E-state index is 11.8. The van der Waals surface area contributed by atoms with Crippen molar-refractivity contribution in [3.05, 3.63) is 75.4 Å². The first-order valence-corrected chi connectivity index (χ1v) is 9.62. The quantitative estimate of drug-likeness (QED) is 0.448. The molecule has 0 saturated carbocycles. The molecule has 4 rings (SSSR count). The zero-order chi connectivity index (χ0) is 18.8. The number of aromatic amines is 1. The molecule has 2 heterocycles. The minimum absolute atomic E-state index is 0.371. The Kier molecular flexibility index (Phi) is 5.07. The van der Waals surface area contributed by atoms with E-state index >= 15 is 0 Å². The standard InChI is InChI=1S/C18H12Cl2N4O2S/c19-13-6-3-7-14(20)12(13)9-27-18-22-17(23-24-18)21-8-15-10-4-1-2-5-11(10)16(25)26-15/h1-8H,9H2,(H2,21,22,23,24)/b15-8-. The average Bonchev–Trinajstić information content (AvgIpc) is 3.24. The van der Waals surface area contributed by atoms with Crippen LogP contribution in [-0.2, 0) is 10.5 Å². The summed E-state index contributed by atoms with van der Waals surface area (Å²) >= 11 is 13.7. The highest BCUT2D eigenvalue weighted by Gasteiger charge is 2.25. The van der Waals surface area contributed by atoms with Crippen LogP contribution in [0.25, 0.3) is 5.76 Å². The molecule has 3 aromatic rings. The first kappa shape index (κ1) is 17.9. The molecule has 1 aliphatic heterocycles.